The van der Waals surface area contributed by atoms with Crippen LogP contribution in [0, 0.1) is 17.6 Å². The highest BCUT2D eigenvalue weighted by Crippen LogP contribution is 2.30. The second-order valence-corrected chi connectivity index (χ2v) is 8.02. The minimum absolute atomic E-state index is 0.346. The first-order valence-corrected chi connectivity index (χ1v) is 11.3. The molecule has 0 saturated carbocycles. The van der Waals surface area contributed by atoms with Gasteiger partial charge in [-0.3, -0.25) is 9.59 Å². The van der Waals surface area contributed by atoms with E-state index >= 15 is 0 Å². The molecule has 2 aromatic rings. The minimum atomic E-state index is -1.03. The highest BCUT2D eigenvalue weighted by atomic mass is 19.1. The van der Waals surface area contributed by atoms with E-state index in [9.17, 15) is 18.4 Å². The number of halogens is 2. The molecule has 0 aliphatic heterocycles. The van der Waals surface area contributed by atoms with Crippen LogP contribution in [0.4, 0.5) is 14.5 Å². The van der Waals surface area contributed by atoms with Crippen molar-refractivity contribution >= 4 is 17.5 Å². The fourth-order valence-electron chi connectivity index (χ4n) is 3.37. The van der Waals surface area contributed by atoms with E-state index in [2.05, 4.69) is 29.4 Å². The number of carbonyl (C=O) groups excluding carboxylic acids is 2. The predicted octanol–water partition coefficient (Wildman–Crippen LogP) is 4.09. The molecule has 0 unspecified atom stereocenters. The number of anilines is 1. The molecule has 2 aromatic carbocycles. The van der Waals surface area contributed by atoms with Crippen LogP contribution in [0.15, 0.2) is 36.4 Å². The molecule has 1 atom stereocenters. The molecule has 2 N–H and O–H groups in total. The molecule has 0 heterocycles. The van der Waals surface area contributed by atoms with E-state index in [0.29, 0.717) is 23.8 Å². The maximum Gasteiger partial charge on any atom is 0.257 e. The zero-order valence-corrected chi connectivity index (χ0v) is 20.3. The quantitative estimate of drug-likeness (QED) is 0.482. The van der Waals surface area contributed by atoms with E-state index in [1.165, 1.54) is 13.2 Å². The van der Waals surface area contributed by atoms with Crippen molar-refractivity contribution in [3.05, 3.63) is 53.6 Å². The van der Waals surface area contributed by atoms with Crippen LogP contribution in [-0.2, 0) is 4.79 Å². The zero-order chi connectivity index (χ0) is 25.3. The SMILES string of the molecule is CCN(CC)CCOc1cc(NC(=O)[C@@H](NC(=O)c2c(F)cccc2F)C(C)C)ccc1OC. The van der Waals surface area contributed by atoms with Crippen LogP contribution in [0.2, 0.25) is 0 Å². The molecular formula is C25H33F2N3O4. The number of hydrogen-bond donors (Lipinski definition) is 2. The van der Waals surface area contributed by atoms with Gasteiger partial charge in [-0.05, 0) is 43.3 Å². The van der Waals surface area contributed by atoms with Crippen LogP contribution in [0.5, 0.6) is 11.5 Å². The van der Waals surface area contributed by atoms with E-state index in [1.807, 2.05) is 0 Å². The number of hydrogen-bond acceptors (Lipinski definition) is 5. The summed E-state index contributed by atoms with van der Waals surface area (Å²) in [6.07, 6.45) is 0. The molecule has 0 aliphatic carbocycles. The molecule has 0 aromatic heterocycles. The van der Waals surface area contributed by atoms with Gasteiger partial charge in [0.1, 0.15) is 29.8 Å². The maximum atomic E-state index is 14.0. The normalized spacial score (nSPS) is 11.9. The van der Waals surface area contributed by atoms with Gasteiger partial charge in [0.2, 0.25) is 5.91 Å². The summed E-state index contributed by atoms with van der Waals surface area (Å²) in [5.74, 6) is -2.89. The summed E-state index contributed by atoms with van der Waals surface area (Å²) in [7, 11) is 1.52. The number of nitrogens with one attached hydrogen (secondary N) is 2. The highest BCUT2D eigenvalue weighted by molar-refractivity contribution is 6.01. The molecule has 9 heteroatoms. The van der Waals surface area contributed by atoms with E-state index in [1.54, 1.807) is 32.0 Å². The Kier molecular flexibility index (Phi) is 10.2. The number of benzene rings is 2. The largest absolute Gasteiger partial charge is 0.493 e. The molecule has 2 amide bonds. The maximum absolute atomic E-state index is 14.0. The first kappa shape index (κ1) is 27.0. The third kappa shape index (κ3) is 7.15. The molecule has 34 heavy (non-hydrogen) atoms. The van der Waals surface area contributed by atoms with Crippen molar-refractivity contribution in [2.45, 2.75) is 33.7 Å². The molecule has 7 nitrogen and oxygen atoms in total. The summed E-state index contributed by atoms with van der Waals surface area (Å²) in [5.41, 5.74) is -0.296. The van der Waals surface area contributed by atoms with Gasteiger partial charge in [-0.2, -0.15) is 0 Å². The van der Waals surface area contributed by atoms with Gasteiger partial charge >= 0.3 is 0 Å². The van der Waals surface area contributed by atoms with Crippen molar-refractivity contribution in [1.82, 2.24) is 10.2 Å². The van der Waals surface area contributed by atoms with Crippen molar-refractivity contribution in [2.24, 2.45) is 5.92 Å². The zero-order valence-electron chi connectivity index (χ0n) is 20.3. The van der Waals surface area contributed by atoms with Crippen molar-refractivity contribution in [3.8, 4) is 11.5 Å². The Hall–Kier alpha value is -3.20. The average molecular weight is 478 g/mol. The van der Waals surface area contributed by atoms with Crippen LogP contribution in [0.25, 0.3) is 0 Å². The number of carbonyl (C=O) groups is 2. The summed E-state index contributed by atoms with van der Waals surface area (Å²) < 4.78 is 39.2. The average Bonchev–Trinajstić information content (AvgIpc) is 2.80. The monoisotopic (exact) mass is 477 g/mol. The number of ether oxygens (including phenoxy) is 2. The van der Waals surface area contributed by atoms with Crippen molar-refractivity contribution in [2.75, 3.05) is 38.7 Å². The molecular weight excluding hydrogens is 444 g/mol. The van der Waals surface area contributed by atoms with Crippen molar-refractivity contribution in [1.29, 1.82) is 0 Å². The Labute approximate surface area is 199 Å². The lowest BCUT2D eigenvalue weighted by Crippen LogP contribution is -2.47. The first-order valence-electron chi connectivity index (χ1n) is 11.3. The Bertz CT molecular complexity index is 960. The number of likely N-dealkylation sites (N-methyl/N-ethyl adjacent to an activating group) is 1. The molecule has 186 valence electrons. The topological polar surface area (TPSA) is 79.9 Å². The minimum Gasteiger partial charge on any atom is -0.493 e. The van der Waals surface area contributed by atoms with Gasteiger partial charge in [-0.25, -0.2) is 8.78 Å². The van der Waals surface area contributed by atoms with E-state index in [-0.39, 0.29) is 5.92 Å². The van der Waals surface area contributed by atoms with Gasteiger partial charge in [0.25, 0.3) is 5.91 Å². The lowest BCUT2D eigenvalue weighted by molar-refractivity contribution is -0.118. The Morgan fingerprint density at radius 2 is 1.68 bits per heavy atom. The molecule has 2 rings (SSSR count). The molecule has 0 fully saturated rings. The number of rotatable bonds is 12. The second-order valence-electron chi connectivity index (χ2n) is 8.02. The van der Waals surface area contributed by atoms with Crippen LogP contribution in [-0.4, -0.2) is 56.1 Å². The highest BCUT2D eigenvalue weighted by Gasteiger charge is 2.27. The van der Waals surface area contributed by atoms with Crippen molar-refractivity contribution in [3.63, 3.8) is 0 Å². The van der Waals surface area contributed by atoms with Crippen LogP contribution in [0.1, 0.15) is 38.1 Å². The summed E-state index contributed by atoms with van der Waals surface area (Å²) in [5, 5.41) is 5.17. The third-order valence-corrected chi connectivity index (χ3v) is 5.42. The molecule has 0 bridgehead atoms. The smallest absolute Gasteiger partial charge is 0.257 e. The Morgan fingerprint density at radius 1 is 1.03 bits per heavy atom. The third-order valence-electron chi connectivity index (χ3n) is 5.42. The predicted molar refractivity (Wildman–Crippen MR) is 127 cm³/mol. The van der Waals surface area contributed by atoms with Crippen LogP contribution in [0.3, 0.4) is 0 Å². The van der Waals surface area contributed by atoms with Gasteiger partial charge in [-0.15, -0.1) is 0 Å². The molecule has 0 radical (unpaired) electrons. The van der Waals surface area contributed by atoms with Gasteiger partial charge in [0, 0.05) is 18.3 Å². The molecule has 0 saturated heterocycles. The van der Waals surface area contributed by atoms with Gasteiger partial charge in [0.15, 0.2) is 11.5 Å². The number of amides is 2. The van der Waals surface area contributed by atoms with Crippen LogP contribution < -0.4 is 20.1 Å². The lowest BCUT2D eigenvalue weighted by Gasteiger charge is -2.22. The van der Waals surface area contributed by atoms with Gasteiger partial charge < -0.3 is 25.0 Å². The fraction of sp³-hybridized carbons (Fsp3) is 0.440. The summed E-state index contributed by atoms with van der Waals surface area (Å²) in [4.78, 5) is 27.7. The standard InChI is InChI=1S/C25H33F2N3O4/c1-6-30(7-2)13-14-34-21-15-17(11-12-20(21)33-5)28-25(32)23(16(3)4)29-24(31)22-18(26)9-8-10-19(22)27/h8-12,15-16,23H,6-7,13-14H2,1-5H3,(H,28,32)(H,29,31)/t23-/m0/s1. The molecule has 0 aliphatic rings. The van der Waals surface area contributed by atoms with E-state index < -0.39 is 35.1 Å². The lowest BCUT2D eigenvalue weighted by atomic mass is 10.0. The molecule has 0 spiro atoms. The fourth-order valence-corrected chi connectivity index (χ4v) is 3.37. The van der Waals surface area contributed by atoms with Crippen LogP contribution >= 0.6 is 0 Å². The van der Waals surface area contributed by atoms with Gasteiger partial charge in [0.05, 0.1) is 7.11 Å². The van der Waals surface area contributed by atoms with E-state index in [4.69, 9.17) is 9.47 Å². The summed E-state index contributed by atoms with van der Waals surface area (Å²) >= 11 is 0. The van der Waals surface area contributed by atoms with Crippen molar-refractivity contribution < 1.29 is 27.8 Å². The van der Waals surface area contributed by atoms with Gasteiger partial charge in [-0.1, -0.05) is 33.8 Å². The second kappa shape index (κ2) is 12.9. The number of nitrogens with zero attached hydrogens (tertiary/aromatic N) is 1. The number of methoxy groups -OCH3 is 1. The Morgan fingerprint density at radius 3 is 2.24 bits per heavy atom. The van der Waals surface area contributed by atoms with E-state index in [0.717, 1.165) is 31.8 Å². The Balaban J connectivity index is 2.14. The first-order chi connectivity index (χ1) is 16.2. The summed E-state index contributed by atoms with van der Waals surface area (Å²) in [6.45, 7) is 10.6. The summed E-state index contributed by atoms with van der Waals surface area (Å²) in [6, 6.07) is 7.06.